The molecule has 0 saturated heterocycles. The normalized spacial score (nSPS) is 13.5. The van der Waals surface area contributed by atoms with Crippen molar-refractivity contribution in [1.29, 1.82) is 0 Å². The summed E-state index contributed by atoms with van der Waals surface area (Å²) in [6.45, 7) is 4.44. The van der Waals surface area contributed by atoms with Crippen LogP contribution in [0.2, 0.25) is 0 Å². The SMILES string of the molecule is CCC(C)CNS(=O)(=O)Cc1cccc(CO)c1. The lowest BCUT2D eigenvalue weighted by Gasteiger charge is -2.11. The Kier molecular flexibility index (Phi) is 5.78. The molecule has 18 heavy (non-hydrogen) atoms. The Bertz CT molecular complexity index is 471. The first-order valence-electron chi connectivity index (χ1n) is 6.13. The third-order valence-electron chi connectivity index (χ3n) is 2.88. The molecule has 4 nitrogen and oxygen atoms in total. The van der Waals surface area contributed by atoms with Crippen LogP contribution in [0.3, 0.4) is 0 Å². The summed E-state index contributed by atoms with van der Waals surface area (Å²) >= 11 is 0. The molecule has 0 bridgehead atoms. The minimum Gasteiger partial charge on any atom is -0.392 e. The van der Waals surface area contributed by atoms with Crippen LogP contribution < -0.4 is 4.72 Å². The molecule has 1 atom stereocenters. The van der Waals surface area contributed by atoms with E-state index in [-0.39, 0.29) is 12.4 Å². The van der Waals surface area contributed by atoms with Gasteiger partial charge in [0.15, 0.2) is 0 Å². The summed E-state index contributed by atoms with van der Waals surface area (Å²) in [5.74, 6) is 0.292. The highest BCUT2D eigenvalue weighted by molar-refractivity contribution is 7.88. The molecule has 102 valence electrons. The third kappa shape index (κ3) is 5.16. The molecule has 0 aliphatic carbocycles. The van der Waals surface area contributed by atoms with Gasteiger partial charge in [0.2, 0.25) is 10.0 Å². The van der Waals surface area contributed by atoms with Crippen LogP contribution in [0.25, 0.3) is 0 Å². The molecule has 1 unspecified atom stereocenters. The molecule has 2 N–H and O–H groups in total. The van der Waals surface area contributed by atoms with Gasteiger partial charge in [-0.15, -0.1) is 0 Å². The van der Waals surface area contributed by atoms with Crippen molar-refractivity contribution in [2.24, 2.45) is 5.92 Å². The molecule has 1 aromatic carbocycles. The molecule has 0 heterocycles. The van der Waals surface area contributed by atoms with Crippen LogP contribution in [-0.4, -0.2) is 20.1 Å². The molecule has 1 aromatic rings. The second-order valence-corrected chi connectivity index (χ2v) is 6.41. The zero-order chi connectivity index (χ0) is 13.6. The van der Waals surface area contributed by atoms with E-state index in [1.54, 1.807) is 24.3 Å². The van der Waals surface area contributed by atoms with E-state index in [0.717, 1.165) is 12.0 Å². The lowest BCUT2D eigenvalue weighted by atomic mass is 10.1. The lowest BCUT2D eigenvalue weighted by molar-refractivity contribution is 0.282. The Morgan fingerprint density at radius 1 is 1.33 bits per heavy atom. The van der Waals surface area contributed by atoms with Gasteiger partial charge in [0.1, 0.15) is 0 Å². The van der Waals surface area contributed by atoms with Gasteiger partial charge >= 0.3 is 0 Å². The van der Waals surface area contributed by atoms with E-state index in [2.05, 4.69) is 4.72 Å². The highest BCUT2D eigenvalue weighted by atomic mass is 32.2. The summed E-state index contributed by atoms with van der Waals surface area (Å²) in [6.07, 6.45) is 0.947. The monoisotopic (exact) mass is 271 g/mol. The smallest absolute Gasteiger partial charge is 0.215 e. The van der Waals surface area contributed by atoms with Gasteiger partial charge in [-0.3, -0.25) is 0 Å². The number of aliphatic hydroxyl groups is 1. The topological polar surface area (TPSA) is 66.4 Å². The molecule has 1 rings (SSSR count). The van der Waals surface area contributed by atoms with E-state index in [1.807, 2.05) is 13.8 Å². The molecule has 0 spiro atoms. The first-order valence-corrected chi connectivity index (χ1v) is 7.78. The van der Waals surface area contributed by atoms with Gasteiger partial charge in [-0.05, 0) is 17.0 Å². The van der Waals surface area contributed by atoms with Gasteiger partial charge in [-0.2, -0.15) is 0 Å². The predicted molar refractivity (Wildman–Crippen MR) is 72.4 cm³/mol. The summed E-state index contributed by atoms with van der Waals surface area (Å²) in [7, 11) is -3.30. The van der Waals surface area contributed by atoms with Crippen molar-refractivity contribution < 1.29 is 13.5 Å². The molecule has 0 amide bonds. The van der Waals surface area contributed by atoms with Gasteiger partial charge in [0.25, 0.3) is 0 Å². The number of benzene rings is 1. The largest absolute Gasteiger partial charge is 0.392 e. The van der Waals surface area contributed by atoms with Gasteiger partial charge in [-0.1, -0.05) is 44.5 Å². The zero-order valence-electron chi connectivity index (χ0n) is 10.9. The molecule has 0 aliphatic heterocycles. The summed E-state index contributed by atoms with van der Waals surface area (Å²) in [5, 5.41) is 9.00. The highest BCUT2D eigenvalue weighted by Crippen LogP contribution is 2.09. The van der Waals surface area contributed by atoms with Crippen LogP contribution in [0.1, 0.15) is 31.4 Å². The number of hydrogen-bond acceptors (Lipinski definition) is 3. The fraction of sp³-hybridized carbons (Fsp3) is 0.538. The number of hydrogen-bond donors (Lipinski definition) is 2. The van der Waals surface area contributed by atoms with E-state index in [9.17, 15) is 8.42 Å². The van der Waals surface area contributed by atoms with Crippen molar-refractivity contribution in [3.63, 3.8) is 0 Å². The van der Waals surface area contributed by atoms with Crippen molar-refractivity contribution in [2.45, 2.75) is 32.6 Å². The van der Waals surface area contributed by atoms with E-state index < -0.39 is 10.0 Å². The van der Waals surface area contributed by atoms with Gasteiger partial charge in [-0.25, -0.2) is 13.1 Å². The van der Waals surface area contributed by atoms with E-state index >= 15 is 0 Å². The Morgan fingerprint density at radius 3 is 2.61 bits per heavy atom. The van der Waals surface area contributed by atoms with Crippen molar-refractivity contribution in [3.05, 3.63) is 35.4 Å². The molecule has 0 radical (unpaired) electrons. The van der Waals surface area contributed by atoms with E-state index in [4.69, 9.17) is 5.11 Å². The van der Waals surface area contributed by atoms with E-state index in [1.165, 1.54) is 0 Å². The highest BCUT2D eigenvalue weighted by Gasteiger charge is 2.12. The standard InChI is InChI=1S/C13H21NO3S/c1-3-11(2)8-14-18(16,17)10-13-6-4-5-12(7-13)9-15/h4-7,11,14-15H,3,8-10H2,1-2H3. The molecule has 0 aromatic heterocycles. The van der Waals surface area contributed by atoms with Crippen molar-refractivity contribution in [2.75, 3.05) is 6.54 Å². The molecule has 0 saturated carbocycles. The van der Waals surface area contributed by atoms with Crippen molar-refractivity contribution in [1.82, 2.24) is 4.72 Å². The fourth-order valence-electron chi connectivity index (χ4n) is 1.50. The maximum absolute atomic E-state index is 11.8. The van der Waals surface area contributed by atoms with E-state index in [0.29, 0.717) is 18.0 Å². The van der Waals surface area contributed by atoms with Crippen molar-refractivity contribution >= 4 is 10.0 Å². The second kappa shape index (κ2) is 6.87. The van der Waals surface area contributed by atoms with Crippen LogP contribution in [0.4, 0.5) is 0 Å². The van der Waals surface area contributed by atoms with Gasteiger partial charge < -0.3 is 5.11 Å². The Balaban J connectivity index is 2.64. The average molecular weight is 271 g/mol. The van der Waals surface area contributed by atoms with Crippen LogP contribution in [0.15, 0.2) is 24.3 Å². The van der Waals surface area contributed by atoms with Gasteiger partial charge in [0.05, 0.1) is 12.4 Å². The Hall–Kier alpha value is -0.910. The molecular formula is C13H21NO3S. The van der Waals surface area contributed by atoms with Crippen molar-refractivity contribution in [3.8, 4) is 0 Å². The molecule has 0 aliphatic rings. The lowest BCUT2D eigenvalue weighted by Crippen LogP contribution is -2.29. The molecule has 5 heteroatoms. The Labute approximate surface area is 109 Å². The quantitative estimate of drug-likeness (QED) is 0.792. The summed E-state index contributed by atoms with van der Waals surface area (Å²) in [5.41, 5.74) is 1.42. The Morgan fingerprint density at radius 2 is 2.00 bits per heavy atom. The molecular weight excluding hydrogens is 250 g/mol. The number of aliphatic hydroxyl groups excluding tert-OH is 1. The number of sulfonamides is 1. The van der Waals surface area contributed by atoms with Crippen LogP contribution in [-0.2, 0) is 22.4 Å². The minimum atomic E-state index is -3.30. The maximum Gasteiger partial charge on any atom is 0.215 e. The predicted octanol–water partition coefficient (Wildman–Crippen LogP) is 1.64. The second-order valence-electron chi connectivity index (χ2n) is 4.60. The minimum absolute atomic E-state index is 0.0444. The summed E-state index contributed by atoms with van der Waals surface area (Å²) < 4.78 is 26.3. The molecule has 0 fully saturated rings. The van der Waals surface area contributed by atoms with Crippen LogP contribution in [0, 0.1) is 5.92 Å². The third-order valence-corrected chi connectivity index (χ3v) is 4.20. The van der Waals surface area contributed by atoms with Crippen LogP contribution in [0.5, 0.6) is 0 Å². The number of rotatable bonds is 7. The number of nitrogens with one attached hydrogen (secondary N) is 1. The average Bonchev–Trinajstić information content (AvgIpc) is 2.35. The first kappa shape index (κ1) is 15.1. The van der Waals surface area contributed by atoms with Crippen LogP contribution >= 0.6 is 0 Å². The maximum atomic E-state index is 11.8. The first-order chi connectivity index (χ1) is 8.46. The zero-order valence-corrected chi connectivity index (χ0v) is 11.7. The van der Waals surface area contributed by atoms with Gasteiger partial charge in [0, 0.05) is 6.54 Å². The summed E-state index contributed by atoms with van der Waals surface area (Å²) in [6, 6.07) is 6.98. The summed E-state index contributed by atoms with van der Waals surface area (Å²) in [4.78, 5) is 0. The fourth-order valence-corrected chi connectivity index (χ4v) is 2.76.